The molecule has 0 saturated carbocycles. The standard InChI is InChI=1S/C27H39NO8/c1-15-9-8-10-27(6)21(36-27)12-19(16(2)11-18-14-34-25(28-18)33-7)35-22(30)13-20(29)26(4,5)24(32)17(3)23(15)31/h8-9,11,14-15,17,19-21,23,29,31H,10,12-13H2,1-7H3/t15-,17+,19-,20-,21?,23-,27?/m0/s1. The van der Waals surface area contributed by atoms with E-state index in [1.807, 2.05) is 32.9 Å². The summed E-state index contributed by atoms with van der Waals surface area (Å²) >= 11 is 0. The van der Waals surface area contributed by atoms with E-state index in [0.29, 0.717) is 18.5 Å². The number of Topliss-reactive ketones (excluding diaryl/α,β-unsaturated/α-hetero) is 1. The fraction of sp³-hybridized carbons (Fsp3) is 0.667. The first-order chi connectivity index (χ1) is 16.8. The van der Waals surface area contributed by atoms with E-state index in [1.54, 1.807) is 26.8 Å². The molecule has 7 atom stereocenters. The highest BCUT2D eigenvalue weighted by molar-refractivity contribution is 5.88. The summed E-state index contributed by atoms with van der Waals surface area (Å²) in [4.78, 5) is 30.3. The van der Waals surface area contributed by atoms with E-state index >= 15 is 0 Å². The molecule has 2 aliphatic rings. The molecule has 1 fully saturated rings. The van der Waals surface area contributed by atoms with Crippen molar-refractivity contribution in [3.05, 3.63) is 29.7 Å². The van der Waals surface area contributed by atoms with E-state index in [2.05, 4.69) is 4.98 Å². The summed E-state index contributed by atoms with van der Waals surface area (Å²) in [7, 11) is 1.45. The van der Waals surface area contributed by atoms with Crippen molar-refractivity contribution >= 4 is 17.8 Å². The lowest BCUT2D eigenvalue weighted by molar-refractivity contribution is -0.154. The van der Waals surface area contributed by atoms with Gasteiger partial charge in [-0.1, -0.05) is 39.8 Å². The Morgan fingerprint density at radius 3 is 2.56 bits per heavy atom. The molecular weight excluding hydrogens is 466 g/mol. The van der Waals surface area contributed by atoms with Crippen LogP contribution in [0.3, 0.4) is 0 Å². The van der Waals surface area contributed by atoms with Crippen LogP contribution in [0.2, 0.25) is 0 Å². The van der Waals surface area contributed by atoms with E-state index < -0.39 is 41.2 Å². The largest absolute Gasteiger partial charge is 0.458 e. The first-order valence-electron chi connectivity index (χ1n) is 12.4. The van der Waals surface area contributed by atoms with Gasteiger partial charge in [0.25, 0.3) is 0 Å². The Hall–Kier alpha value is -2.49. The van der Waals surface area contributed by atoms with Crippen LogP contribution in [0.25, 0.3) is 6.08 Å². The monoisotopic (exact) mass is 505 g/mol. The topological polar surface area (TPSA) is 132 Å². The minimum Gasteiger partial charge on any atom is -0.458 e. The van der Waals surface area contributed by atoms with Crippen molar-refractivity contribution in [3.8, 4) is 6.08 Å². The number of aromatic nitrogens is 1. The highest BCUT2D eigenvalue weighted by atomic mass is 16.6. The molecule has 0 radical (unpaired) electrons. The van der Waals surface area contributed by atoms with Crippen LogP contribution in [0.4, 0.5) is 0 Å². The van der Waals surface area contributed by atoms with Crippen LogP contribution in [-0.4, -0.2) is 64.1 Å². The molecule has 0 bridgehead atoms. The number of cyclic esters (lactones) is 1. The molecule has 3 rings (SSSR count). The van der Waals surface area contributed by atoms with Gasteiger partial charge in [-0.15, -0.1) is 0 Å². The predicted octanol–water partition coefficient (Wildman–Crippen LogP) is 3.49. The number of hydrogen-bond acceptors (Lipinski definition) is 9. The number of aliphatic hydroxyl groups excluding tert-OH is 2. The molecular formula is C27H39NO8. The third kappa shape index (κ3) is 6.25. The second kappa shape index (κ2) is 10.9. The second-order valence-electron chi connectivity index (χ2n) is 10.8. The van der Waals surface area contributed by atoms with E-state index in [0.717, 1.165) is 5.57 Å². The number of rotatable bonds is 3. The first-order valence-corrected chi connectivity index (χ1v) is 12.4. The van der Waals surface area contributed by atoms with Crippen molar-refractivity contribution in [1.29, 1.82) is 0 Å². The molecule has 9 nitrogen and oxygen atoms in total. The summed E-state index contributed by atoms with van der Waals surface area (Å²) < 4.78 is 22.0. The molecule has 0 aromatic carbocycles. The van der Waals surface area contributed by atoms with Crippen molar-refractivity contribution < 1.29 is 38.4 Å². The summed E-state index contributed by atoms with van der Waals surface area (Å²) in [6, 6.07) is 0. The van der Waals surface area contributed by atoms with Crippen LogP contribution >= 0.6 is 0 Å². The molecule has 1 aromatic rings. The highest BCUT2D eigenvalue weighted by Gasteiger charge is 2.52. The zero-order valence-corrected chi connectivity index (χ0v) is 22.2. The molecule has 2 unspecified atom stereocenters. The molecule has 1 aromatic heterocycles. The van der Waals surface area contributed by atoms with Gasteiger partial charge in [-0.3, -0.25) is 9.59 Å². The van der Waals surface area contributed by atoms with Gasteiger partial charge in [-0.2, -0.15) is 4.98 Å². The molecule has 0 spiro atoms. The number of epoxide rings is 1. The summed E-state index contributed by atoms with van der Waals surface area (Å²) in [6.45, 7) is 10.5. The van der Waals surface area contributed by atoms with Crippen molar-refractivity contribution in [3.63, 3.8) is 0 Å². The van der Waals surface area contributed by atoms with E-state index in [4.69, 9.17) is 18.6 Å². The van der Waals surface area contributed by atoms with Gasteiger partial charge in [-0.25, -0.2) is 0 Å². The number of carbonyl (C=O) groups is 2. The van der Waals surface area contributed by atoms with Crippen LogP contribution in [-0.2, 0) is 19.1 Å². The number of ketones is 1. The van der Waals surface area contributed by atoms with Crippen molar-refractivity contribution in [2.24, 2.45) is 17.3 Å². The Morgan fingerprint density at radius 2 is 1.92 bits per heavy atom. The van der Waals surface area contributed by atoms with Gasteiger partial charge in [0.1, 0.15) is 23.8 Å². The maximum Gasteiger partial charge on any atom is 0.393 e. The third-order valence-electron chi connectivity index (χ3n) is 7.55. The lowest BCUT2D eigenvalue weighted by Crippen LogP contribution is -2.45. The lowest BCUT2D eigenvalue weighted by atomic mass is 9.73. The van der Waals surface area contributed by atoms with Gasteiger partial charge in [-0.05, 0) is 31.9 Å². The first kappa shape index (κ1) is 28.1. The summed E-state index contributed by atoms with van der Waals surface area (Å²) in [5.41, 5.74) is -0.439. The quantitative estimate of drug-likeness (QED) is 0.360. The van der Waals surface area contributed by atoms with Crippen LogP contribution < -0.4 is 4.74 Å². The Morgan fingerprint density at radius 1 is 1.22 bits per heavy atom. The van der Waals surface area contributed by atoms with Crippen LogP contribution in [0, 0.1) is 17.3 Å². The van der Waals surface area contributed by atoms with Gasteiger partial charge in [0.15, 0.2) is 0 Å². The van der Waals surface area contributed by atoms with Crippen LogP contribution in [0.5, 0.6) is 6.08 Å². The Labute approximate surface area is 212 Å². The number of esters is 1. The number of nitrogens with zero attached hydrogens (tertiary/aromatic N) is 1. The van der Waals surface area contributed by atoms with Gasteiger partial charge in [0.2, 0.25) is 0 Å². The third-order valence-corrected chi connectivity index (χ3v) is 7.55. The molecule has 0 amide bonds. The maximum absolute atomic E-state index is 13.2. The molecule has 2 N–H and O–H groups in total. The number of ether oxygens (including phenoxy) is 3. The Balaban J connectivity index is 1.89. The second-order valence-corrected chi connectivity index (χ2v) is 10.8. The maximum atomic E-state index is 13.2. The minimum atomic E-state index is -1.28. The van der Waals surface area contributed by atoms with E-state index in [9.17, 15) is 19.8 Å². The van der Waals surface area contributed by atoms with Gasteiger partial charge in [0, 0.05) is 18.3 Å². The van der Waals surface area contributed by atoms with E-state index in [1.165, 1.54) is 13.4 Å². The van der Waals surface area contributed by atoms with Gasteiger partial charge < -0.3 is 28.8 Å². The van der Waals surface area contributed by atoms with Crippen molar-refractivity contribution in [1.82, 2.24) is 4.98 Å². The Bertz CT molecular complexity index is 1010. The molecule has 200 valence electrons. The SMILES string of the molecule is COc1nc(C=C(C)[C@@H]2CC3OC3(C)CC=C[C@H](C)[C@H](O)[C@@H](C)C(=O)C(C)(C)[C@@H](O)CC(=O)O2)co1. The highest BCUT2D eigenvalue weighted by Crippen LogP contribution is 2.44. The molecule has 3 heterocycles. The van der Waals surface area contributed by atoms with Crippen LogP contribution in [0.15, 0.2) is 28.4 Å². The minimum absolute atomic E-state index is 0.123. The number of hydrogen-bond donors (Lipinski definition) is 2. The molecule has 0 aliphatic carbocycles. The normalized spacial score (nSPS) is 36.2. The number of fused-ring (bicyclic) bond motifs is 1. The van der Waals surface area contributed by atoms with E-state index in [-0.39, 0.29) is 30.3 Å². The Kier molecular flexibility index (Phi) is 8.48. The predicted molar refractivity (Wildman–Crippen MR) is 132 cm³/mol. The van der Waals surface area contributed by atoms with Crippen LogP contribution in [0.1, 0.15) is 66.5 Å². The number of methoxy groups -OCH3 is 1. The van der Waals surface area contributed by atoms with Gasteiger partial charge in [0.05, 0.1) is 42.9 Å². The molecule has 9 heteroatoms. The molecule has 2 aliphatic heterocycles. The van der Waals surface area contributed by atoms with Crippen molar-refractivity contribution in [2.75, 3.05) is 7.11 Å². The number of carbonyl (C=O) groups excluding carboxylic acids is 2. The lowest BCUT2D eigenvalue weighted by Gasteiger charge is -2.34. The summed E-state index contributed by atoms with van der Waals surface area (Å²) in [5.74, 6) is -1.94. The number of aliphatic hydroxyl groups is 2. The van der Waals surface area contributed by atoms with Crippen molar-refractivity contribution in [2.45, 2.75) is 90.8 Å². The average Bonchev–Trinajstić information content (AvgIpc) is 3.23. The smallest absolute Gasteiger partial charge is 0.393 e. The molecule has 36 heavy (non-hydrogen) atoms. The zero-order valence-electron chi connectivity index (χ0n) is 22.2. The summed E-state index contributed by atoms with van der Waals surface area (Å²) in [5, 5.41) is 21.6. The fourth-order valence-corrected chi connectivity index (χ4v) is 4.66. The fourth-order valence-electron chi connectivity index (χ4n) is 4.66. The zero-order chi connectivity index (χ0) is 26.8. The molecule has 1 saturated heterocycles. The average molecular weight is 506 g/mol. The summed E-state index contributed by atoms with van der Waals surface area (Å²) in [6.07, 6.45) is 4.86. The number of oxazole rings is 1. The van der Waals surface area contributed by atoms with Gasteiger partial charge >= 0.3 is 12.0 Å².